The molecule has 0 aromatic carbocycles. The molecule has 1 N–H and O–H groups in total. The lowest BCUT2D eigenvalue weighted by atomic mass is 10.3. The van der Waals surface area contributed by atoms with Gasteiger partial charge >= 0.3 is 5.97 Å². The Morgan fingerprint density at radius 1 is 1.75 bits per heavy atom. The zero-order chi connectivity index (χ0) is 6.57. The van der Waals surface area contributed by atoms with Gasteiger partial charge in [0.2, 0.25) is 0 Å². The highest BCUT2D eigenvalue weighted by Crippen LogP contribution is 1.82. The third-order valence-electron chi connectivity index (χ3n) is 0.852. The fourth-order valence-corrected chi connectivity index (χ4v) is 0.405. The van der Waals surface area contributed by atoms with Crippen LogP contribution in [0.5, 0.6) is 0 Å². The molecule has 0 aliphatic heterocycles. The first-order valence-electron chi connectivity index (χ1n) is 2.41. The highest BCUT2D eigenvalue weighted by atomic mass is 16.4. The van der Waals surface area contributed by atoms with Crippen LogP contribution in [0.15, 0.2) is 4.99 Å². The molecule has 0 spiro atoms. The summed E-state index contributed by atoms with van der Waals surface area (Å²) in [4.78, 5) is 13.6. The van der Waals surface area contributed by atoms with Crippen molar-refractivity contribution in [1.29, 1.82) is 0 Å². The van der Waals surface area contributed by atoms with E-state index in [9.17, 15) is 4.79 Å². The second-order valence-electron chi connectivity index (χ2n) is 1.33. The topological polar surface area (TPSA) is 49.7 Å². The van der Waals surface area contributed by atoms with Crippen molar-refractivity contribution < 1.29 is 9.90 Å². The van der Waals surface area contributed by atoms with Gasteiger partial charge in [0.15, 0.2) is 0 Å². The molecule has 0 aromatic rings. The molecular weight excluding hydrogens is 106 g/mol. The molecule has 0 heterocycles. The lowest BCUT2D eigenvalue weighted by molar-refractivity contribution is -0.129. The summed E-state index contributed by atoms with van der Waals surface area (Å²) in [5.74, 6) is -0.921. The minimum Gasteiger partial charge on any atom is -0.477 e. The summed E-state index contributed by atoms with van der Waals surface area (Å²) in [5.41, 5.74) is 0.227. The predicted octanol–water partition coefficient (Wildman–Crippen LogP) is 0.552. The summed E-state index contributed by atoms with van der Waals surface area (Å²) in [6, 6.07) is 0. The molecule has 8 heavy (non-hydrogen) atoms. The summed E-state index contributed by atoms with van der Waals surface area (Å²) >= 11 is 0. The van der Waals surface area contributed by atoms with Gasteiger partial charge in [-0.05, 0) is 6.42 Å². The zero-order valence-electron chi connectivity index (χ0n) is 5.01. The molecule has 0 bridgehead atoms. The van der Waals surface area contributed by atoms with E-state index in [1.54, 1.807) is 6.92 Å². The van der Waals surface area contributed by atoms with Crippen LogP contribution in [0.3, 0.4) is 0 Å². The quantitative estimate of drug-likeness (QED) is 0.534. The second kappa shape index (κ2) is 3.18. The molecule has 46 valence electrons. The first-order valence-corrected chi connectivity index (χ1v) is 2.41. The third-order valence-corrected chi connectivity index (χ3v) is 0.852. The Morgan fingerprint density at radius 3 is 2.25 bits per heavy atom. The third kappa shape index (κ3) is 1.73. The van der Waals surface area contributed by atoms with E-state index >= 15 is 0 Å². The fraction of sp³-hybridized carbons (Fsp3) is 0.600. The summed E-state index contributed by atoms with van der Waals surface area (Å²) < 4.78 is 0. The van der Waals surface area contributed by atoms with Gasteiger partial charge in [-0.3, -0.25) is 4.99 Å². The molecule has 0 atom stereocenters. The lowest BCUT2D eigenvalue weighted by Crippen LogP contribution is -2.10. The number of carbonyl (C=O) groups is 1. The maximum absolute atomic E-state index is 10.0. The van der Waals surface area contributed by atoms with Crippen molar-refractivity contribution in [3.05, 3.63) is 0 Å². The van der Waals surface area contributed by atoms with Crippen LogP contribution in [0.4, 0.5) is 0 Å². The standard InChI is InChI=1S/C5H9NO2/c1-3-4(6-2)5(7)8/h3H2,1-2H3,(H,7,8). The van der Waals surface area contributed by atoms with Crippen LogP contribution in [-0.4, -0.2) is 23.8 Å². The van der Waals surface area contributed by atoms with Gasteiger partial charge in [-0.25, -0.2) is 4.79 Å². The molecule has 3 nitrogen and oxygen atoms in total. The molecule has 0 saturated carbocycles. The normalized spacial score (nSPS) is 11.5. The van der Waals surface area contributed by atoms with E-state index < -0.39 is 5.97 Å². The second-order valence-corrected chi connectivity index (χ2v) is 1.33. The minimum absolute atomic E-state index is 0.227. The van der Waals surface area contributed by atoms with Gasteiger partial charge < -0.3 is 5.11 Å². The zero-order valence-corrected chi connectivity index (χ0v) is 5.01. The SMILES string of the molecule is CCC(=NC)C(=O)O. The van der Waals surface area contributed by atoms with Crippen molar-refractivity contribution in [3.8, 4) is 0 Å². The number of aliphatic carboxylic acids is 1. The van der Waals surface area contributed by atoms with Gasteiger partial charge in [0.25, 0.3) is 0 Å². The number of carboxylic acids is 1. The maximum atomic E-state index is 10.0. The Morgan fingerprint density at radius 2 is 2.25 bits per heavy atom. The Hall–Kier alpha value is -0.860. The van der Waals surface area contributed by atoms with Crippen LogP contribution in [0.2, 0.25) is 0 Å². The van der Waals surface area contributed by atoms with Gasteiger partial charge in [-0.15, -0.1) is 0 Å². The van der Waals surface area contributed by atoms with Crippen LogP contribution >= 0.6 is 0 Å². The summed E-state index contributed by atoms with van der Waals surface area (Å²) in [7, 11) is 1.48. The largest absolute Gasteiger partial charge is 0.477 e. The van der Waals surface area contributed by atoms with Crippen LogP contribution < -0.4 is 0 Å². The fourth-order valence-electron chi connectivity index (χ4n) is 0.405. The van der Waals surface area contributed by atoms with Crippen molar-refractivity contribution >= 4 is 11.7 Å². The van der Waals surface area contributed by atoms with E-state index in [4.69, 9.17) is 5.11 Å². The van der Waals surface area contributed by atoms with Gasteiger partial charge in [0.1, 0.15) is 5.71 Å². The van der Waals surface area contributed by atoms with Crippen molar-refractivity contribution in [1.82, 2.24) is 0 Å². The van der Waals surface area contributed by atoms with Gasteiger partial charge in [-0.1, -0.05) is 6.92 Å². The number of carboxylic acid groups (broad SMARTS) is 1. The van der Waals surface area contributed by atoms with Crippen LogP contribution in [0, 0.1) is 0 Å². The monoisotopic (exact) mass is 115 g/mol. The Balaban J connectivity index is 3.92. The van der Waals surface area contributed by atoms with Gasteiger partial charge in [0.05, 0.1) is 0 Å². The highest BCUT2D eigenvalue weighted by Gasteiger charge is 2.01. The van der Waals surface area contributed by atoms with Crippen molar-refractivity contribution in [2.75, 3.05) is 7.05 Å². The predicted molar refractivity (Wildman–Crippen MR) is 31.3 cm³/mol. The molecule has 3 heteroatoms. The van der Waals surface area contributed by atoms with Crippen molar-refractivity contribution in [2.45, 2.75) is 13.3 Å². The number of hydrogen-bond donors (Lipinski definition) is 1. The number of hydrogen-bond acceptors (Lipinski definition) is 2. The summed E-state index contributed by atoms with van der Waals surface area (Å²) in [6.45, 7) is 1.76. The molecule has 0 unspecified atom stereocenters. The minimum atomic E-state index is -0.921. The van der Waals surface area contributed by atoms with E-state index in [0.29, 0.717) is 6.42 Å². The average Bonchev–Trinajstić information content (AvgIpc) is 1.69. The number of nitrogens with zero attached hydrogens (tertiary/aromatic N) is 1. The Kier molecular flexibility index (Phi) is 2.84. The molecule has 0 aliphatic carbocycles. The number of aliphatic imine (C=N–C) groups is 1. The molecule has 0 amide bonds. The molecule has 0 fully saturated rings. The highest BCUT2D eigenvalue weighted by molar-refractivity contribution is 6.35. The van der Waals surface area contributed by atoms with E-state index in [0.717, 1.165) is 0 Å². The molecule has 0 saturated heterocycles. The van der Waals surface area contributed by atoms with Crippen molar-refractivity contribution in [2.24, 2.45) is 4.99 Å². The van der Waals surface area contributed by atoms with Crippen LogP contribution in [0.1, 0.15) is 13.3 Å². The molecule has 0 rings (SSSR count). The first kappa shape index (κ1) is 7.14. The van der Waals surface area contributed by atoms with E-state index in [2.05, 4.69) is 4.99 Å². The average molecular weight is 115 g/mol. The maximum Gasteiger partial charge on any atom is 0.349 e. The molecular formula is C5H9NO2. The van der Waals surface area contributed by atoms with Gasteiger partial charge in [-0.2, -0.15) is 0 Å². The summed E-state index contributed by atoms with van der Waals surface area (Å²) in [5, 5.41) is 8.24. The number of rotatable bonds is 2. The van der Waals surface area contributed by atoms with Crippen LogP contribution in [0.25, 0.3) is 0 Å². The Bertz CT molecular complexity index is 118. The summed E-state index contributed by atoms with van der Waals surface area (Å²) in [6.07, 6.45) is 0.492. The lowest BCUT2D eigenvalue weighted by Gasteiger charge is -1.89. The van der Waals surface area contributed by atoms with Gasteiger partial charge in [0, 0.05) is 7.05 Å². The molecule has 0 aromatic heterocycles. The van der Waals surface area contributed by atoms with E-state index in [-0.39, 0.29) is 5.71 Å². The molecule has 0 aliphatic rings. The van der Waals surface area contributed by atoms with Crippen LogP contribution in [-0.2, 0) is 4.79 Å². The van der Waals surface area contributed by atoms with Crippen molar-refractivity contribution in [3.63, 3.8) is 0 Å². The Labute approximate surface area is 48.1 Å². The smallest absolute Gasteiger partial charge is 0.349 e. The first-order chi connectivity index (χ1) is 3.72. The van der Waals surface area contributed by atoms with E-state index in [1.165, 1.54) is 7.05 Å². The van der Waals surface area contributed by atoms with E-state index in [1.807, 2.05) is 0 Å². The molecule has 0 radical (unpaired) electrons.